The number of fused-ring (bicyclic) bond motifs is 9. The Balaban J connectivity index is 0.000000128. The van der Waals surface area contributed by atoms with Gasteiger partial charge in [0.25, 0.3) is 17.7 Å². The van der Waals surface area contributed by atoms with E-state index in [1.54, 1.807) is 37.2 Å². The van der Waals surface area contributed by atoms with Gasteiger partial charge in [0.2, 0.25) is 0 Å². The topological polar surface area (TPSA) is 210 Å². The van der Waals surface area contributed by atoms with Gasteiger partial charge in [0.1, 0.15) is 51.1 Å². The molecule has 0 aromatic carbocycles. The van der Waals surface area contributed by atoms with Crippen LogP contribution in [-0.4, -0.2) is 46.4 Å². The number of hydrogen-bond donors (Lipinski definition) is 3. The summed E-state index contributed by atoms with van der Waals surface area (Å²) < 4.78 is 25.7. The number of nitrogens with two attached hydrogens (primary N) is 3. The van der Waals surface area contributed by atoms with Gasteiger partial charge in [-0.15, -0.1) is 0 Å². The van der Waals surface area contributed by atoms with Gasteiger partial charge in [-0.1, -0.05) is 57.8 Å². The fraction of sp³-hybridized carbons (Fsp3) is 0.500. The first-order chi connectivity index (χ1) is 36.2. The number of rotatable bonds is 9. The van der Waals surface area contributed by atoms with E-state index >= 15 is 0 Å². The van der Waals surface area contributed by atoms with Crippen molar-refractivity contribution in [3.63, 3.8) is 0 Å². The number of carbonyl (C=O) groups is 3. The van der Waals surface area contributed by atoms with Crippen molar-refractivity contribution < 1.29 is 28.6 Å². The van der Waals surface area contributed by atoms with E-state index in [4.69, 9.17) is 31.4 Å². The molecule has 12 rings (SSSR count). The van der Waals surface area contributed by atoms with Crippen LogP contribution in [0.1, 0.15) is 186 Å². The molecule has 75 heavy (non-hydrogen) atoms. The van der Waals surface area contributed by atoms with Gasteiger partial charge in [0.05, 0.1) is 35.7 Å². The standard InChI is InChI=1S/3C20H25N3O2/c3*1-3-23-16(19(21)24)11-15-18(23)14-9-10-22-12-17(14)25-20(15,2)13-7-5-4-6-8-13/h3*9-13H,3-8H2,1-2H3,(H2,21,24)/t2*20-;/m10./s1. The van der Waals surface area contributed by atoms with E-state index in [9.17, 15) is 14.4 Å². The van der Waals surface area contributed by atoms with Gasteiger partial charge >= 0.3 is 0 Å². The summed E-state index contributed by atoms with van der Waals surface area (Å²) in [6.45, 7) is 14.7. The number of hydrogen-bond acceptors (Lipinski definition) is 9. The first-order valence-corrected chi connectivity index (χ1v) is 27.7. The SMILES string of the molecule is CCn1c(C(N)=O)cc2c1-c1ccncc1OC2(C)C1CCCCC1.CCn1c(C(N)=O)cc2c1-c1ccncc1O[C@@]2(C)C1CCCCC1.CCn1c(C(N)=O)cc2c1-c1ccncc1O[C@]2(C)C1CCCCC1. The van der Waals surface area contributed by atoms with E-state index in [0.717, 1.165) is 106 Å². The number of nitrogens with zero attached hydrogens (tertiary/aromatic N) is 6. The van der Waals surface area contributed by atoms with E-state index in [-0.39, 0.29) is 0 Å². The zero-order valence-electron chi connectivity index (χ0n) is 44.8. The molecule has 3 saturated carbocycles. The van der Waals surface area contributed by atoms with Crippen LogP contribution in [0.5, 0.6) is 17.2 Å². The minimum absolute atomic E-state index is 0.391. The maximum Gasteiger partial charge on any atom is 0.265 e. The van der Waals surface area contributed by atoms with Gasteiger partial charge in [-0.05, 0) is 116 Å². The average molecular weight is 1020 g/mol. The van der Waals surface area contributed by atoms with E-state index in [0.29, 0.717) is 54.5 Å². The first kappa shape index (κ1) is 51.6. The Morgan fingerprint density at radius 1 is 0.467 bits per heavy atom. The third-order valence-corrected chi connectivity index (χ3v) is 17.8. The van der Waals surface area contributed by atoms with Crippen LogP contribution < -0.4 is 31.4 Å². The number of pyridine rings is 3. The number of amides is 3. The van der Waals surface area contributed by atoms with Crippen LogP contribution in [0.3, 0.4) is 0 Å². The lowest BCUT2D eigenvalue weighted by Crippen LogP contribution is -2.41. The molecular formula is C60H75N9O6. The van der Waals surface area contributed by atoms with Crippen molar-refractivity contribution in [2.24, 2.45) is 35.0 Å². The van der Waals surface area contributed by atoms with Gasteiger partial charge < -0.3 is 45.1 Å². The van der Waals surface area contributed by atoms with Crippen molar-refractivity contribution in [2.75, 3.05) is 0 Å². The molecule has 15 heteroatoms. The lowest BCUT2D eigenvalue weighted by Gasteiger charge is -2.43. The Labute approximate surface area is 440 Å². The van der Waals surface area contributed by atoms with Crippen LogP contribution in [0, 0.1) is 17.8 Å². The fourth-order valence-corrected chi connectivity index (χ4v) is 13.9. The Morgan fingerprint density at radius 3 is 0.947 bits per heavy atom. The molecule has 3 atom stereocenters. The molecule has 6 N–H and O–H groups in total. The lowest BCUT2D eigenvalue weighted by molar-refractivity contribution is 0.00104. The fourth-order valence-electron chi connectivity index (χ4n) is 13.9. The monoisotopic (exact) mass is 1020 g/mol. The highest BCUT2D eigenvalue weighted by Gasteiger charge is 2.49. The van der Waals surface area contributed by atoms with Crippen LogP contribution >= 0.6 is 0 Å². The summed E-state index contributed by atoms with van der Waals surface area (Å²) >= 11 is 0. The van der Waals surface area contributed by atoms with Crippen molar-refractivity contribution in [3.8, 4) is 51.0 Å². The van der Waals surface area contributed by atoms with Crippen molar-refractivity contribution in [2.45, 2.75) is 174 Å². The zero-order valence-corrected chi connectivity index (χ0v) is 44.8. The average Bonchev–Trinajstić information content (AvgIpc) is 4.17. The lowest BCUT2D eigenvalue weighted by atomic mass is 9.72. The normalized spacial score (nSPS) is 22.8. The van der Waals surface area contributed by atoms with Gasteiger partial charge in [0.15, 0.2) is 0 Å². The molecule has 0 radical (unpaired) electrons. The van der Waals surface area contributed by atoms with E-state index in [1.165, 1.54) is 57.8 Å². The molecule has 3 aliphatic carbocycles. The highest BCUT2D eigenvalue weighted by molar-refractivity contribution is 5.95. The molecule has 3 aliphatic heterocycles. The summed E-state index contributed by atoms with van der Waals surface area (Å²) in [6, 6.07) is 11.8. The first-order valence-electron chi connectivity index (χ1n) is 27.7. The Kier molecular flexibility index (Phi) is 14.2. The van der Waals surface area contributed by atoms with Crippen LogP contribution in [-0.2, 0) is 36.4 Å². The second kappa shape index (κ2) is 20.7. The predicted molar refractivity (Wildman–Crippen MR) is 289 cm³/mol. The number of ether oxygens (including phenoxy) is 3. The van der Waals surface area contributed by atoms with Crippen LogP contribution in [0.15, 0.2) is 73.6 Å². The summed E-state index contributed by atoms with van der Waals surface area (Å²) in [5, 5.41) is 0. The number of carbonyl (C=O) groups excluding carboxylic acids is 3. The van der Waals surface area contributed by atoms with Crippen molar-refractivity contribution in [1.82, 2.24) is 28.7 Å². The largest absolute Gasteiger partial charge is 0.480 e. The van der Waals surface area contributed by atoms with Crippen molar-refractivity contribution in [3.05, 3.63) is 107 Å². The maximum atomic E-state index is 12.0. The Hall–Kier alpha value is -6.90. The van der Waals surface area contributed by atoms with Gasteiger partial charge in [-0.25, -0.2) is 0 Å². The smallest absolute Gasteiger partial charge is 0.265 e. The summed E-state index contributed by atoms with van der Waals surface area (Å²) in [5.41, 5.74) is 26.8. The molecule has 15 nitrogen and oxygen atoms in total. The third-order valence-electron chi connectivity index (χ3n) is 17.8. The highest BCUT2D eigenvalue weighted by Crippen LogP contribution is 2.55. The minimum atomic E-state index is -0.448. The van der Waals surface area contributed by atoms with Crippen molar-refractivity contribution in [1.29, 1.82) is 0 Å². The maximum absolute atomic E-state index is 12.0. The number of primary amides is 3. The molecule has 3 amide bonds. The minimum Gasteiger partial charge on any atom is -0.480 e. The van der Waals surface area contributed by atoms with Crippen LogP contribution in [0.25, 0.3) is 33.8 Å². The van der Waals surface area contributed by atoms with Gasteiger partial charge in [-0.3, -0.25) is 29.3 Å². The second-order valence-corrected chi connectivity index (χ2v) is 21.9. The van der Waals surface area contributed by atoms with Crippen LogP contribution in [0.2, 0.25) is 0 Å². The Morgan fingerprint density at radius 2 is 0.720 bits per heavy atom. The third kappa shape index (κ3) is 8.87. The molecule has 9 heterocycles. The molecule has 3 fully saturated rings. The van der Waals surface area contributed by atoms with E-state index < -0.39 is 34.5 Å². The molecule has 6 aromatic rings. The molecule has 1 unspecified atom stereocenters. The van der Waals surface area contributed by atoms with Gasteiger partial charge in [0, 0.05) is 89.4 Å². The summed E-state index contributed by atoms with van der Waals surface area (Å²) in [7, 11) is 0. The molecule has 0 saturated heterocycles. The molecule has 6 aliphatic rings. The molecular weight excluding hydrogens is 943 g/mol. The molecule has 0 spiro atoms. The quantitative estimate of drug-likeness (QED) is 0.126. The molecule has 396 valence electrons. The predicted octanol–water partition coefficient (Wildman–Crippen LogP) is 11.6. The summed E-state index contributed by atoms with van der Waals surface area (Å²) in [6.07, 6.45) is 28.8. The van der Waals surface area contributed by atoms with Crippen molar-refractivity contribution >= 4 is 17.7 Å². The molecule has 0 bridgehead atoms. The van der Waals surface area contributed by atoms with Gasteiger partial charge in [-0.2, -0.15) is 0 Å². The van der Waals surface area contributed by atoms with E-state index in [1.807, 2.05) is 70.9 Å². The summed E-state index contributed by atoms with van der Waals surface area (Å²) in [4.78, 5) is 48.9. The second-order valence-electron chi connectivity index (χ2n) is 21.9. The van der Waals surface area contributed by atoms with E-state index in [2.05, 4.69) is 35.7 Å². The Bertz CT molecular complexity index is 2790. The highest BCUT2D eigenvalue weighted by atomic mass is 16.5. The molecule has 6 aromatic heterocycles. The van der Waals surface area contributed by atoms with Crippen LogP contribution in [0.4, 0.5) is 0 Å². The summed E-state index contributed by atoms with van der Waals surface area (Å²) in [5.74, 6) is 2.52. The number of aromatic nitrogens is 6. The zero-order chi connectivity index (χ0) is 52.8.